The number of nitrogens with zero attached hydrogens (tertiary/aromatic N) is 1. The van der Waals surface area contributed by atoms with Crippen LogP contribution < -0.4 is 30.8 Å². The third-order valence-corrected chi connectivity index (χ3v) is 5.66. The van der Waals surface area contributed by atoms with Crippen LogP contribution in [0.25, 0.3) is 0 Å². The number of methoxy groups -OCH3 is 1. The average Bonchev–Trinajstić information content (AvgIpc) is 3.38. The first kappa shape index (κ1) is 17.7. The van der Waals surface area contributed by atoms with Gasteiger partial charge in [-0.05, 0) is 35.4 Å². The molecule has 0 saturated carbocycles. The third kappa shape index (κ3) is 2.83. The van der Waals surface area contributed by atoms with Gasteiger partial charge in [-0.3, -0.25) is 0 Å². The van der Waals surface area contributed by atoms with Crippen molar-refractivity contribution in [1.29, 1.82) is 5.26 Å². The molecule has 3 aliphatic heterocycles. The molecule has 29 heavy (non-hydrogen) atoms. The number of benzene rings is 2. The summed E-state index contributed by atoms with van der Waals surface area (Å²) in [5.74, 6) is 1.90. The van der Waals surface area contributed by atoms with E-state index in [9.17, 15) is 5.26 Å². The van der Waals surface area contributed by atoms with E-state index in [4.69, 9.17) is 24.7 Å². The van der Waals surface area contributed by atoms with Crippen molar-refractivity contribution in [3.63, 3.8) is 0 Å². The molecule has 8 heteroatoms. The Morgan fingerprint density at radius 2 is 1.97 bits per heavy atom. The maximum absolute atomic E-state index is 9.85. The molecule has 3 aliphatic rings. The van der Waals surface area contributed by atoms with Crippen LogP contribution in [0.4, 0.5) is 0 Å². The van der Waals surface area contributed by atoms with E-state index in [0.717, 1.165) is 22.6 Å². The van der Waals surface area contributed by atoms with Crippen LogP contribution >= 0.6 is 0 Å². The maximum Gasteiger partial charge on any atom is 0.231 e. The monoisotopic (exact) mass is 392 g/mol. The second-order valence-electron chi connectivity index (χ2n) is 7.14. The van der Waals surface area contributed by atoms with Crippen LogP contribution in [0.5, 0.6) is 17.2 Å². The number of nitriles is 1. The van der Waals surface area contributed by atoms with Gasteiger partial charge in [-0.25, -0.2) is 10.9 Å². The van der Waals surface area contributed by atoms with E-state index in [1.165, 1.54) is 0 Å². The van der Waals surface area contributed by atoms with E-state index in [2.05, 4.69) is 16.9 Å². The molecular weight excluding hydrogens is 372 g/mol. The quantitative estimate of drug-likeness (QED) is 0.728. The highest BCUT2D eigenvalue weighted by Gasteiger charge is 2.49. The van der Waals surface area contributed by atoms with Gasteiger partial charge in [0.2, 0.25) is 12.7 Å². The van der Waals surface area contributed by atoms with Crippen molar-refractivity contribution < 1.29 is 18.9 Å². The summed E-state index contributed by atoms with van der Waals surface area (Å²) in [5, 5.41) is 9.85. The summed E-state index contributed by atoms with van der Waals surface area (Å²) in [6, 6.07) is 15.7. The molecule has 4 atom stereocenters. The Hall–Kier alpha value is -3.41. The highest BCUT2D eigenvalue weighted by Crippen LogP contribution is 2.48. The standard InChI is InChI=1S/C21H20N4O4/c1-26-13-4-2-3-11(7-13)17-14(9-22)20(23)29-21-18(17)19(24-25-21)12-5-6-15-16(8-12)28-10-27-15/h2-8,17-19,21,24-25H,10,23H2,1H3. The predicted octanol–water partition coefficient (Wildman–Crippen LogP) is 2.02. The van der Waals surface area contributed by atoms with E-state index in [1.807, 2.05) is 42.5 Å². The average molecular weight is 392 g/mol. The molecule has 148 valence electrons. The van der Waals surface area contributed by atoms with Crippen LogP contribution in [-0.4, -0.2) is 20.1 Å². The molecule has 0 amide bonds. The molecule has 1 saturated heterocycles. The molecule has 8 nitrogen and oxygen atoms in total. The fourth-order valence-corrected chi connectivity index (χ4v) is 4.32. The second kappa shape index (κ2) is 6.88. The van der Waals surface area contributed by atoms with Crippen molar-refractivity contribution in [2.75, 3.05) is 13.9 Å². The molecule has 5 rings (SSSR count). The molecule has 2 aromatic carbocycles. The highest BCUT2D eigenvalue weighted by atomic mass is 16.7. The zero-order chi connectivity index (χ0) is 20.0. The molecule has 4 N–H and O–H groups in total. The largest absolute Gasteiger partial charge is 0.497 e. The Bertz CT molecular complexity index is 1030. The minimum absolute atomic E-state index is 0.121. The van der Waals surface area contributed by atoms with Gasteiger partial charge in [-0.1, -0.05) is 18.2 Å². The normalized spacial score (nSPS) is 27.2. The zero-order valence-corrected chi connectivity index (χ0v) is 15.7. The molecule has 3 heterocycles. The summed E-state index contributed by atoms with van der Waals surface area (Å²) < 4.78 is 22.2. The molecule has 1 fully saturated rings. The highest BCUT2D eigenvalue weighted by molar-refractivity contribution is 5.48. The van der Waals surface area contributed by atoms with Crippen molar-refractivity contribution in [1.82, 2.24) is 10.9 Å². The Kier molecular flexibility index (Phi) is 4.19. The van der Waals surface area contributed by atoms with Gasteiger partial charge in [0.05, 0.1) is 18.7 Å². The Morgan fingerprint density at radius 1 is 1.10 bits per heavy atom. The van der Waals surface area contributed by atoms with E-state index in [1.54, 1.807) is 7.11 Å². The number of hydrogen-bond acceptors (Lipinski definition) is 8. The summed E-state index contributed by atoms with van der Waals surface area (Å²) in [4.78, 5) is 0. The summed E-state index contributed by atoms with van der Waals surface area (Å²) in [7, 11) is 1.62. The molecular formula is C21H20N4O4. The van der Waals surface area contributed by atoms with Gasteiger partial charge >= 0.3 is 0 Å². The van der Waals surface area contributed by atoms with Crippen molar-refractivity contribution >= 4 is 0 Å². The first-order valence-corrected chi connectivity index (χ1v) is 9.30. The minimum Gasteiger partial charge on any atom is -0.497 e. The number of allylic oxidation sites excluding steroid dienone is 1. The number of nitrogens with one attached hydrogen (secondary N) is 2. The lowest BCUT2D eigenvalue weighted by Gasteiger charge is -2.36. The summed E-state index contributed by atoms with van der Waals surface area (Å²) in [5.41, 5.74) is 14.9. The lowest BCUT2D eigenvalue weighted by Crippen LogP contribution is -2.40. The van der Waals surface area contributed by atoms with Crippen LogP contribution in [0.15, 0.2) is 53.9 Å². The lowest BCUT2D eigenvalue weighted by molar-refractivity contribution is 0.0340. The van der Waals surface area contributed by atoms with Crippen molar-refractivity contribution in [3.8, 4) is 23.3 Å². The number of nitrogens with two attached hydrogens (primary N) is 1. The predicted molar refractivity (Wildman–Crippen MR) is 103 cm³/mol. The van der Waals surface area contributed by atoms with E-state index >= 15 is 0 Å². The van der Waals surface area contributed by atoms with Gasteiger partial charge in [0.25, 0.3) is 0 Å². The number of fused-ring (bicyclic) bond motifs is 2. The number of rotatable bonds is 3. The zero-order valence-electron chi connectivity index (χ0n) is 15.7. The Balaban J connectivity index is 1.60. The van der Waals surface area contributed by atoms with Crippen molar-refractivity contribution in [2.24, 2.45) is 11.7 Å². The van der Waals surface area contributed by atoms with Gasteiger partial charge in [-0.2, -0.15) is 5.26 Å². The summed E-state index contributed by atoms with van der Waals surface area (Å²) >= 11 is 0. The Labute approximate surface area is 167 Å². The fraction of sp³-hybridized carbons (Fsp3) is 0.286. The van der Waals surface area contributed by atoms with Gasteiger partial charge < -0.3 is 24.7 Å². The molecule has 0 bridgehead atoms. The molecule has 0 spiro atoms. The number of hydrogen-bond donors (Lipinski definition) is 3. The van der Waals surface area contributed by atoms with Crippen molar-refractivity contribution in [2.45, 2.75) is 18.2 Å². The van der Waals surface area contributed by atoms with E-state index in [0.29, 0.717) is 11.3 Å². The van der Waals surface area contributed by atoms with Crippen molar-refractivity contribution in [3.05, 3.63) is 65.0 Å². The molecule has 0 aliphatic carbocycles. The SMILES string of the molecule is COc1cccc(C2C(C#N)=C(N)OC3NNC(c4ccc5c(c4)OCO5)C32)c1. The first-order valence-electron chi connectivity index (χ1n) is 9.30. The first-order chi connectivity index (χ1) is 14.2. The topological polar surface area (TPSA) is 111 Å². The van der Waals surface area contributed by atoms with Crippen LogP contribution in [0.3, 0.4) is 0 Å². The van der Waals surface area contributed by atoms with Crippen LogP contribution in [-0.2, 0) is 4.74 Å². The van der Waals surface area contributed by atoms with E-state index in [-0.39, 0.29) is 30.6 Å². The molecule has 0 aromatic heterocycles. The van der Waals surface area contributed by atoms with Gasteiger partial charge in [0.15, 0.2) is 17.7 Å². The van der Waals surface area contributed by atoms with Gasteiger partial charge in [0.1, 0.15) is 11.8 Å². The molecule has 4 unspecified atom stereocenters. The summed E-state index contributed by atoms with van der Waals surface area (Å²) in [6.07, 6.45) is -0.390. The molecule has 2 aromatic rings. The van der Waals surface area contributed by atoms with Gasteiger partial charge in [-0.15, -0.1) is 0 Å². The smallest absolute Gasteiger partial charge is 0.231 e. The van der Waals surface area contributed by atoms with Crippen LogP contribution in [0, 0.1) is 17.2 Å². The maximum atomic E-state index is 9.85. The Morgan fingerprint density at radius 3 is 2.79 bits per heavy atom. The van der Waals surface area contributed by atoms with Crippen LogP contribution in [0.1, 0.15) is 23.1 Å². The third-order valence-electron chi connectivity index (χ3n) is 5.66. The van der Waals surface area contributed by atoms with E-state index < -0.39 is 6.23 Å². The minimum atomic E-state index is -0.390. The van der Waals surface area contributed by atoms with Crippen LogP contribution in [0.2, 0.25) is 0 Å². The number of hydrazine groups is 1. The second-order valence-corrected chi connectivity index (χ2v) is 7.14. The fourth-order valence-electron chi connectivity index (χ4n) is 4.32. The summed E-state index contributed by atoms with van der Waals surface area (Å²) in [6.45, 7) is 0.217. The number of ether oxygens (including phenoxy) is 4. The van der Waals surface area contributed by atoms with Gasteiger partial charge in [0, 0.05) is 11.8 Å². The lowest BCUT2D eigenvalue weighted by atomic mass is 9.74. The molecule has 0 radical (unpaired) electrons.